The molecule has 0 N–H and O–H groups in total. The van der Waals surface area contributed by atoms with Gasteiger partial charge in [0.1, 0.15) is 0 Å². The van der Waals surface area contributed by atoms with Crippen LogP contribution in [0.25, 0.3) is 0 Å². The van der Waals surface area contributed by atoms with E-state index < -0.39 is 6.09 Å². The molecule has 84 valence electrons. The van der Waals surface area contributed by atoms with Gasteiger partial charge < -0.3 is 4.74 Å². The van der Waals surface area contributed by atoms with Crippen LogP contribution in [0.4, 0.5) is 10.5 Å². The van der Waals surface area contributed by atoms with Crippen molar-refractivity contribution in [2.75, 3.05) is 11.5 Å². The minimum Gasteiger partial charge on any atom is -0.449 e. The second kappa shape index (κ2) is 5.17. The lowest BCUT2D eigenvalue weighted by Gasteiger charge is -2.16. The number of benzene rings is 1. The Kier molecular flexibility index (Phi) is 3.90. The first kappa shape index (κ1) is 12.1. The van der Waals surface area contributed by atoms with Crippen LogP contribution in [0.2, 0.25) is 0 Å². The van der Waals surface area contributed by atoms with Crippen LogP contribution in [0, 0.1) is 25.3 Å². The number of nitrogens with zero attached hydrogens (tertiary/aromatic N) is 2. The summed E-state index contributed by atoms with van der Waals surface area (Å²) in [5.74, 6) is 0. The van der Waals surface area contributed by atoms with E-state index in [1.54, 1.807) is 19.1 Å². The van der Waals surface area contributed by atoms with Crippen LogP contribution in [0.1, 0.15) is 18.1 Å². The highest BCUT2D eigenvalue weighted by Crippen LogP contribution is 2.22. The smallest absolute Gasteiger partial charge is 0.427 e. The number of ether oxygens (including phenoxy) is 1. The second-order valence-corrected chi connectivity index (χ2v) is 3.35. The molecule has 1 aromatic rings. The summed E-state index contributed by atoms with van der Waals surface area (Å²) in [5.41, 5.74) is 2.50. The van der Waals surface area contributed by atoms with Crippen molar-refractivity contribution in [3.63, 3.8) is 0 Å². The average molecular weight is 218 g/mol. The Morgan fingerprint density at radius 3 is 2.75 bits per heavy atom. The van der Waals surface area contributed by atoms with E-state index in [-0.39, 0.29) is 6.61 Å². The third-order valence-electron chi connectivity index (χ3n) is 2.37. The Hall–Kier alpha value is -2.02. The van der Waals surface area contributed by atoms with E-state index in [1.165, 1.54) is 0 Å². The second-order valence-electron chi connectivity index (χ2n) is 3.35. The fourth-order valence-electron chi connectivity index (χ4n) is 1.36. The number of aryl methyl sites for hydroxylation is 1. The number of carbonyl (C=O) groups is 1. The van der Waals surface area contributed by atoms with E-state index in [4.69, 9.17) is 10.00 Å². The SMILES string of the molecule is CCOC(=O)N(C#N)c1cccc(C)c1C. The van der Waals surface area contributed by atoms with Crippen molar-refractivity contribution in [1.82, 2.24) is 0 Å². The van der Waals surface area contributed by atoms with Gasteiger partial charge in [-0.2, -0.15) is 10.2 Å². The summed E-state index contributed by atoms with van der Waals surface area (Å²) in [5, 5.41) is 8.97. The molecule has 0 spiro atoms. The molecule has 0 aliphatic rings. The normalized spacial score (nSPS) is 9.38. The Balaban J connectivity index is 3.10. The summed E-state index contributed by atoms with van der Waals surface area (Å²) >= 11 is 0. The van der Waals surface area contributed by atoms with Crippen molar-refractivity contribution in [3.05, 3.63) is 29.3 Å². The third-order valence-corrected chi connectivity index (χ3v) is 2.37. The van der Waals surface area contributed by atoms with Gasteiger partial charge >= 0.3 is 6.09 Å². The van der Waals surface area contributed by atoms with Gasteiger partial charge in [0, 0.05) is 0 Å². The largest absolute Gasteiger partial charge is 0.449 e. The van der Waals surface area contributed by atoms with Crippen molar-refractivity contribution in [1.29, 1.82) is 5.26 Å². The standard InChI is InChI=1S/C12H14N2O2/c1-4-16-12(15)14(8-13)11-7-5-6-9(2)10(11)3/h5-7H,4H2,1-3H3. The minimum atomic E-state index is -0.640. The maximum atomic E-state index is 11.5. The van der Waals surface area contributed by atoms with Crippen molar-refractivity contribution >= 4 is 11.8 Å². The van der Waals surface area contributed by atoms with Crippen LogP contribution in [-0.2, 0) is 4.74 Å². The number of rotatable bonds is 2. The molecule has 0 bridgehead atoms. The Labute approximate surface area is 95.0 Å². The van der Waals surface area contributed by atoms with Gasteiger partial charge in [-0.05, 0) is 38.0 Å². The van der Waals surface area contributed by atoms with Gasteiger partial charge in [0.15, 0.2) is 6.19 Å². The number of hydrogen-bond donors (Lipinski definition) is 0. The van der Waals surface area contributed by atoms with Crippen LogP contribution in [0.5, 0.6) is 0 Å². The average Bonchev–Trinajstić information content (AvgIpc) is 2.25. The molecular formula is C12H14N2O2. The molecule has 1 rings (SSSR count). The zero-order valence-electron chi connectivity index (χ0n) is 9.65. The van der Waals surface area contributed by atoms with E-state index in [1.807, 2.05) is 26.1 Å². The molecule has 0 fully saturated rings. The molecule has 1 amide bonds. The van der Waals surface area contributed by atoms with E-state index >= 15 is 0 Å². The molecule has 0 aromatic heterocycles. The third kappa shape index (κ3) is 2.31. The number of hydrogen-bond acceptors (Lipinski definition) is 3. The predicted octanol–water partition coefficient (Wildman–Crippen LogP) is 2.75. The topological polar surface area (TPSA) is 53.3 Å². The Morgan fingerprint density at radius 2 is 2.19 bits per heavy atom. The van der Waals surface area contributed by atoms with Crippen molar-refractivity contribution in [2.24, 2.45) is 0 Å². The number of nitriles is 1. The predicted molar refractivity (Wildman–Crippen MR) is 61.0 cm³/mol. The molecule has 1 aromatic carbocycles. The summed E-state index contributed by atoms with van der Waals surface area (Å²) in [6.45, 7) is 5.76. The Bertz CT molecular complexity index is 435. The summed E-state index contributed by atoms with van der Waals surface area (Å²) < 4.78 is 4.81. The highest BCUT2D eigenvalue weighted by molar-refractivity contribution is 5.91. The number of carbonyl (C=O) groups excluding carboxylic acids is 1. The summed E-state index contributed by atoms with van der Waals surface area (Å²) in [4.78, 5) is 12.5. The maximum absolute atomic E-state index is 11.5. The van der Waals surface area contributed by atoms with Gasteiger partial charge in [0.25, 0.3) is 0 Å². The quantitative estimate of drug-likeness (QED) is 0.566. The van der Waals surface area contributed by atoms with E-state index in [0.717, 1.165) is 16.0 Å². The van der Waals surface area contributed by atoms with Crippen molar-refractivity contribution < 1.29 is 9.53 Å². The summed E-state index contributed by atoms with van der Waals surface area (Å²) in [7, 11) is 0. The minimum absolute atomic E-state index is 0.252. The van der Waals surface area contributed by atoms with Crippen LogP contribution in [-0.4, -0.2) is 12.7 Å². The molecule has 0 aliphatic heterocycles. The Morgan fingerprint density at radius 1 is 1.50 bits per heavy atom. The molecule has 0 saturated heterocycles. The maximum Gasteiger partial charge on any atom is 0.427 e. The molecule has 4 heteroatoms. The first-order chi connectivity index (χ1) is 7.61. The fraction of sp³-hybridized carbons (Fsp3) is 0.333. The van der Waals surface area contributed by atoms with Crippen LogP contribution >= 0.6 is 0 Å². The number of anilines is 1. The number of amides is 1. The van der Waals surface area contributed by atoms with Crippen LogP contribution in [0.15, 0.2) is 18.2 Å². The molecule has 0 atom stereocenters. The van der Waals surface area contributed by atoms with E-state index in [0.29, 0.717) is 5.69 Å². The summed E-state index contributed by atoms with van der Waals surface area (Å²) in [6.07, 6.45) is 1.19. The fourth-order valence-corrected chi connectivity index (χ4v) is 1.36. The molecule has 16 heavy (non-hydrogen) atoms. The first-order valence-corrected chi connectivity index (χ1v) is 5.04. The van der Waals surface area contributed by atoms with Gasteiger partial charge in [0.2, 0.25) is 0 Å². The molecule has 4 nitrogen and oxygen atoms in total. The van der Waals surface area contributed by atoms with Gasteiger partial charge in [-0.15, -0.1) is 0 Å². The molecule has 0 heterocycles. The first-order valence-electron chi connectivity index (χ1n) is 5.04. The summed E-state index contributed by atoms with van der Waals surface area (Å²) in [6, 6.07) is 5.46. The zero-order valence-corrected chi connectivity index (χ0v) is 9.65. The van der Waals surface area contributed by atoms with Crippen molar-refractivity contribution in [2.45, 2.75) is 20.8 Å². The van der Waals surface area contributed by atoms with Crippen molar-refractivity contribution in [3.8, 4) is 6.19 Å². The molecule has 0 aliphatic carbocycles. The lowest BCUT2D eigenvalue weighted by molar-refractivity contribution is 0.162. The molecular weight excluding hydrogens is 204 g/mol. The molecule has 0 radical (unpaired) electrons. The monoisotopic (exact) mass is 218 g/mol. The van der Waals surface area contributed by atoms with Crippen LogP contribution < -0.4 is 4.90 Å². The van der Waals surface area contributed by atoms with Crippen LogP contribution in [0.3, 0.4) is 0 Å². The van der Waals surface area contributed by atoms with E-state index in [2.05, 4.69) is 0 Å². The van der Waals surface area contributed by atoms with Gasteiger partial charge in [-0.1, -0.05) is 12.1 Å². The molecule has 0 saturated carbocycles. The zero-order chi connectivity index (χ0) is 12.1. The van der Waals surface area contributed by atoms with E-state index in [9.17, 15) is 4.79 Å². The highest BCUT2D eigenvalue weighted by Gasteiger charge is 2.18. The molecule has 0 unspecified atom stereocenters. The van der Waals surface area contributed by atoms with Gasteiger partial charge in [0.05, 0.1) is 12.3 Å². The van der Waals surface area contributed by atoms with Gasteiger partial charge in [-0.25, -0.2) is 4.79 Å². The lowest BCUT2D eigenvalue weighted by Crippen LogP contribution is -2.27. The van der Waals surface area contributed by atoms with Gasteiger partial charge in [-0.3, -0.25) is 0 Å². The lowest BCUT2D eigenvalue weighted by atomic mass is 10.1. The highest BCUT2D eigenvalue weighted by atomic mass is 16.6.